The van der Waals surface area contributed by atoms with E-state index in [4.69, 9.17) is 5.73 Å². The maximum atomic E-state index is 11.8. The molecule has 1 atom stereocenters. The molecule has 0 bridgehead atoms. The van der Waals surface area contributed by atoms with Gasteiger partial charge in [0.25, 0.3) is 0 Å². The van der Waals surface area contributed by atoms with E-state index in [1.54, 1.807) is 18.3 Å². The average molecular weight is 274 g/mol. The Morgan fingerprint density at radius 2 is 2.30 bits per heavy atom. The van der Waals surface area contributed by atoms with Gasteiger partial charge >= 0.3 is 0 Å². The van der Waals surface area contributed by atoms with Gasteiger partial charge in [0.1, 0.15) is 5.82 Å². The number of nitrogens with zero attached hydrogens (tertiary/aromatic N) is 2. The summed E-state index contributed by atoms with van der Waals surface area (Å²) >= 11 is 0. The highest BCUT2D eigenvalue weighted by Crippen LogP contribution is 2.32. The number of hydrogen-bond donors (Lipinski definition) is 2. The predicted octanol–water partition coefficient (Wildman–Crippen LogP) is 0.603. The van der Waals surface area contributed by atoms with Crippen LogP contribution in [0.25, 0.3) is 0 Å². The van der Waals surface area contributed by atoms with Gasteiger partial charge in [0.15, 0.2) is 0 Å². The third-order valence-electron chi connectivity index (χ3n) is 3.84. The van der Waals surface area contributed by atoms with Gasteiger partial charge in [0.2, 0.25) is 11.8 Å². The number of amides is 2. The largest absolute Gasteiger partial charge is 0.370 e. The molecule has 1 unspecified atom stereocenters. The standard InChI is InChI=1S/C14H18N4O2/c15-14(20)10-3-4-16-12(6-10)17-7-9-5-13(19)18(8-9)11-1-2-11/h3-4,6,9,11H,1-2,5,7-8H2,(H2,15,20)(H,16,17). The molecule has 0 spiro atoms. The predicted molar refractivity (Wildman–Crippen MR) is 74.1 cm³/mol. The van der Waals surface area contributed by atoms with Crippen LogP contribution >= 0.6 is 0 Å². The first-order valence-corrected chi connectivity index (χ1v) is 6.92. The highest BCUT2D eigenvalue weighted by atomic mass is 16.2. The summed E-state index contributed by atoms with van der Waals surface area (Å²) < 4.78 is 0. The summed E-state index contributed by atoms with van der Waals surface area (Å²) in [6, 6.07) is 3.71. The molecular weight excluding hydrogens is 256 g/mol. The lowest BCUT2D eigenvalue weighted by Crippen LogP contribution is -2.28. The van der Waals surface area contributed by atoms with Crippen molar-refractivity contribution in [2.24, 2.45) is 11.7 Å². The van der Waals surface area contributed by atoms with E-state index in [2.05, 4.69) is 10.3 Å². The summed E-state index contributed by atoms with van der Waals surface area (Å²) in [5, 5.41) is 3.18. The van der Waals surface area contributed by atoms with Gasteiger partial charge in [-0.3, -0.25) is 9.59 Å². The summed E-state index contributed by atoms with van der Waals surface area (Å²) in [6.45, 7) is 1.51. The van der Waals surface area contributed by atoms with Crippen molar-refractivity contribution in [3.63, 3.8) is 0 Å². The molecule has 3 N–H and O–H groups in total. The maximum absolute atomic E-state index is 11.8. The van der Waals surface area contributed by atoms with E-state index in [-0.39, 0.29) is 5.91 Å². The van der Waals surface area contributed by atoms with E-state index in [9.17, 15) is 9.59 Å². The van der Waals surface area contributed by atoms with Gasteiger partial charge in [-0.2, -0.15) is 0 Å². The van der Waals surface area contributed by atoms with Crippen molar-refractivity contribution in [2.75, 3.05) is 18.4 Å². The van der Waals surface area contributed by atoms with Crippen LogP contribution in [0.3, 0.4) is 0 Å². The average Bonchev–Trinajstić information content (AvgIpc) is 3.21. The molecule has 1 aromatic rings. The van der Waals surface area contributed by atoms with Crippen LogP contribution < -0.4 is 11.1 Å². The Hall–Kier alpha value is -2.11. The summed E-state index contributed by atoms with van der Waals surface area (Å²) in [5.74, 6) is 0.727. The van der Waals surface area contributed by atoms with Gasteiger partial charge in [-0.25, -0.2) is 4.98 Å². The Balaban J connectivity index is 1.56. The second-order valence-corrected chi connectivity index (χ2v) is 5.52. The van der Waals surface area contributed by atoms with Crippen molar-refractivity contribution in [2.45, 2.75) is 25.3 Å². The van der Waals surface area contributed by atoms with Crippen molar-refractivity contribution in [1.82, 2.24) is 9.88 Å². The zero-order valence-electron chi connectivity index (χ0n) is 11.2. The monoisotopic (exact) mass is 274 g/mol. The molecule has 0 aromatic carbocycles. The highest BCUT2D eigenvalue weighted by molar-refractivity contribution is 5.93. The normalized spacial score (nSPS) is 22.1. The van der Waals surface area contributed by atoms with E-state index in [0.29, 0.717) is 36.3 Å². The van der Waals surface area contributed by atoms with Crippen LogP contribution in [0.2, 0.25) is 0 Å². The smallest absolute Gasteiger partial charge is 0.248 e. The van der Waals surface area contributed by atoms with Crippen LogP contribution in [0.4, 0.5) is 5.82 Å². The topological polar surface area (TPSA) is 88.3 Å². The number of nitrogens with two attached hydrogens (primary N) is 1. The summed E-state index contributed by atoms with van der Waals surface area (Å²) in [6.07, 6.45) is 4.44. The Morgan fingerprint density at radius 1 is 1.50 bits per heavy atom. The van der Waals surface area contributed by atoms with Crippen LogP contribution in [-0.2, 0) is 4.79 Å². The van der Waals surface area contributed by atoms with Crippen molar-refractivity contribution in [1.29, 1.82) is 0 Å². The molecule has 20 heavy (non-hydrogen) atoms. The van der Waals surface area contributed by atoms with Gasteiger partial charge in [0.05, 0.1) is 0 Å². The van der Waals surface area contributed by atoms with E-state index < -0.39 is 5.91 Å². The molecule has 2 fully saturated rings. The first-order valence-electron chi connectivity index (χ1n) is 6.92. The minimum absolute atomic E-state index is 0.262. The van der Waals surface area contributed by atoms with Crippen molar-refractivity contribution in [3.05, 3.63) is 23.9 Å². The Kier molecular flexibility index (Phi) is 3.30. The minimum Gasteiger partial charge on any atom is -0.370 e. The van der Waals surface area contributed by atoms with Gasteiger partial charge in [-0.1, -0.05) is 0 Å². The maximum Gasteiger partial charge on any atom is 0.248 e. The second kappa shape index (κ2) is 5.11. The highest BCUT2D eigenvalue weighted by Gasteiger charge is 2.39. The van der Waals surface area contributed by atoms with E-state index in [1.165, 1.54) is 0 Å². The Morgan fingerprint density at radius 3 is 3.00 bits per heavy atom. The molecule has 1 aliphatic heterocycles. The van der Waals surface area contributed by atoms with Gasteiger partial charge in [-0.15, -0.1) is 0 Å². The van der Waals surface area contributed by atoms with Gasteiger partial charge in [-0.05, 0) is 25.0 Å². The van der Waals surface area contributed by atoms with Crippen molar-refractivity contribution >= 4 is 17.6 Å². The molecule has 2 aliphatic rings. The molecule has 3 rings (SSSR count). The molecule has 1 aromatic heterocycles. The molecule has 2 amide bonds. The van der Waals surface area contributed by atoms with E-state index in [1.807, 2.05) is 4.90 Å². The number of pyridine rings is 1. The van der Waals surface area contributed by atoms with Crippen LogP contribution in [0, 0.1) is 5.92 Å². The number of hydrogen-bond acceptors (Lipinski definition) is 4. The fourth-order valence-electron chi connectivity index (χ4n) is 2.61. The quantitative estimate of drug-likeness (QED) is 0.823. The van der Waals surface area contributed by atoms with Crippen LogP contribution in [0.1, 0.15) is 29.6 Å². The first-order chi connectivity index (χ1) is 9.63. The van der Waals surface area contributed by atoms with E-state index in [0.717, 1.165) is 19.4 Å². The van der Waals surface area contributed by atoms with Crippen LogP contribution in [0.5, 0.6) is 0 Å². The number of rotatable bonds is 5. The van der Waals surface area contributed by atoms with Crippen LogP contribution in [0.15, 0.2) is 18.3 Å². The third kappa shape index (κ3) is 2.74. The molecule has 1 saturated carbocycles. The number of aromatic nitrogens is 1. The molecule has 106 valence electrons. The summed E-state index contributed by atoms with van der Waals surface area (Å²) in [7, 11) is 0. The fourth-order valence-corrected chi connectivity index (χ4v) is 2.61. The molecule has 2 heterocycles. The first kappa shape index (κ1) is 12.9. The summed E-state index contributed by atoms with van der Waals surface area (Å²) in [4.78, 5) is 29.1. The Bertz CT molecular complexity index is 542. The molecule has 6 heteroatoms. The minimum atomic E-state index is -0.466. The van der Waals surface area contributed by atoms with Gasteiger partial charge < -0.3 is 16.0 Å². The van der Waals surface area contributed by atoms with E-state index >= 15 is 0 Å². The van der Waals surface area contributed by atoms with Crippen molar-refractivity contribution in [3.8, 4) is 0 Å². The Labute approximate surface area is 117 Å². The molecular formula is C14H18N4O2. The lowest BCUT2D eigenvalue weighted by Gasteiger charge is -2.15. The van der Waals surface area contributed by atoms with Gasteiger partial charge in [0, 0.05) is 43.2 Å². The van der Waals surface area contributed by atoms with Crippen LogP contribution in [-0.4, -0.2) is 40.8 Å². The lowest BCUT2D eigenvalue weighted by atomic mass is 10.1. The van der Waals surface area contributed by atoms with Crippen molar-refractivity contribution < 1.29 is 9.59 Å². The number of carbonyl (C=O) groups is 2. The number of carbonyl (C=O) groups excluding carboxylic acids is 2. The zero-order chi connectivity index (χ0) is 14.1. The third-order valence-corrected chi connectivity index (χ3v) is 3.84. The molecule has 0 radical (unpaired) electrons. The number of primary amides is 1. The second-order valence-electron chi connectivity index (χ2n) is 5.52. The molecule has 1 saturated heterocycles. The number of likely N-dealkylation sites (tertiary alicyclic amines) is 1. The number of anilines is 1. The number of nitrogens with one attached hydrogen (secondary N) is 1. The zero-order valence-corrected chi connectivity index (χ0v) is 11.2. The fraction of sp³-hybridized carbons (Fsp3) is 0.500. The SMILES string of the molecule is NC(=O)c1ccnc(NCC2CC(=O)N(C3CC3)C2)c1. The molecule has 6 nitrogen and oxygen atoms in total. The lowest BCUT2D eigenvalue weighted by molar-refractivity contribution is -0.128. The molecule has 1 aliphatic carbocycles. The summed E-state index contributed by atoms with van der Waals surface area (Å²) in [5.41, 5.74) is 5.67.